The van der Waals surface area contributed by atoms with Crippen LogP contribution in [0.3, 0.4) is 0 Å². The third kappa shape index (κ3) is 15.8. The maximum absolute atomic E-state index is 11.9. The molecule has 0 saturated heterocycles. The fourth-order valence-electron chi connectivity index (χ4n) is 4.05. The van der Waals surface area contributed by atoms with Crippen LogP contribution in [0.5, 0.6) is 0 Å². The van der Waals surface area contributed by atoms with Gasteiger partial charge in [0.25, 0.3) is 0 Å². The topological polar surface area (TPSA) is 52.6 Å². The van der Waals surface area contributed by atoms with Crippen LogP contribution in [0.15, 0.2) is 24.3 Å². The first-order chi connectivity index (χ1) is 15.0. The normalized spacial score (nSPS) is 15.9. The van der Waals surface area contributed by atoms with E-state index in [4.69, 9.17) is 9.47 Å². The molecule has 1 aliphatic rings. The van der Waals surface area contributed by atoms with Crippen molar-refractivity contribution in [1.29, 1.82) is 0 Å². The van der Waals surface area contributed by atoms with Crippen molar-refractivity contribution in [2.75, 3.05) is 0 Å². The molecule has 0 aliphatic heterocycles. The van der Waals surface area contributed by atoms with Gasteiger partial charge < -0.3 is 9.47 Å². The first-order valence-electron chi connectivity index (χ1n) is 12.7. The zero-order chi connectivity index (χ0) is 22.7. The maximum Gasteiger partial charge on any atom is 0.306 e. The first kappa shape index (κ1) is 27.5. The highest BCUT2D eigenvalue weighted by Gasteiger charge is 2.19. The van der Waals surface area contributed by atoms with Gasteiger partial charge in [-0.1, -0.05) is 69.8 Å². The molecule has 0 bridgehead atoms. The lowest BCUT2D eigenvalue weighted by Crippen LogP contribution is -2.21. The summed E-state index contributed by atoms with van der Waals surface area (Å²) in [5, 5.41) is 0. The summed E-state index contributed by atoms with van der Waals surface area (Å²) < 4.78 is 11.0. The highest BCUT2D eigenvalue weighted by molar-refractivity contribution is 5.69. The van der Waals surface area contributed by atoms with E-state index in [2.05, 4.69) is 25.7 Å². The van der Waals surface area contributed by atoms with Gasteiger partial charge in [0.05, 0.1) is 0 Å². The van der Waals surface area contributed by atoms with Gasteiger partial charge in [0.2, 0.25) is 0 Å². The molecule has 0 amide bonds. The Hall–Kier alpha value is -1.58. The molecule has 1 atom stereocenters. The SMILES string of the molecule is C=C1CCC(OC(=O)CCCCCCC/C=C\C[C@@H](CCCCCC)OC(C)=O)CC1. The van der Waals surface area contributed by atoms with Gasteiger partial charge in [-0.3, -0.25) is 9.59 Å². The number of rotatable bonds is 17. The zero-order valence-electron chi connectivity index (χ0n) is 20.2. The van der Waals surface area contributed by atoms with E-state index >= 15 is 0 Å². The van der Waals surface area contributed by atoms with Gasteiger partial charge in [0.15, 0.2) is 0 Å². The fraction of sp³-hybridized carbons (Fsp3) is 0.778. The van der Waals surface area contributed by atoms with Crippen LogP contribution in [-0.4, -0.2) is 24.1 Å². The van der Waals surface area contributed by atoms with Crippen molar-refractivity contribution in [3.8, 4) is 0 Å². The quantitative estimate of drug-likeness (QED) is 0.134. The monoisotopic (exact) mass is 434 g/mol. The van der Waals surface area contributed by atoms with E-state index in [9.17, 15) is 9.59 Å². The molecule has 31 heavy (non-hydrogen) atoms. The summed E-state index contributed by atoms with van der Waals surface area (Å²) >= 11 is 0. The second kappa shape index (κ2) is 18.0. The summed E-state index contributed by atoms with van der Waals surface area (Å²) in [4.78, 5) is 23.2. The Morgan fingerprint density at radius 3 is 2.39 bits per heavy atom. The average molecular weight is 435 g/mol. The van der Waals surface area contributed by atoms with Gasteiger partial charge in [-0.25, -0.2) is 0 Å². The minimum absolute atomic E-state index is 0.0257. The van der Waals surface area contributed by atoms with Crippen LogP contribution in [-0.2, 0) is 19.1 Å². The summed E-state index contributed by atoms with van der Waals surface area (Å²) in [5.41, 5.74) is 1.29. The Morgan fingerprint density at radius 2 is 1.68 bits per heavy atom. The molecule has 0 aromatic carbocycles. The number of unbranched alkanes of at least 4 members (excludes halogenated alkanes) is 8. The molecule has 0 spiro atoms. The van der Waals surface area contributed by atoms with Crippen LogP contribution in [0.2, 0.25) is 0 Å². The largest absolute Gasteiger partial charge is 0.462 e. The number of ether oxygens (including phenoxy) is 2. The molecule has 1 rings (SSSR count). The van der Waals surface area contributed by atoms with E-state index in [1.54, 1.807) is 0 Å². The van der Waals surface area contributed by atoms with Crippen LogP contribution >= 0.6 is 0 Å². The van der Waals surface area contributed by atoms with Gasteiger partial charge >= 0.3 is 11.9 Å². The van der Waals surface area contributed by atoms with Gasteiger partial charge in [-0.05, 0) is 57.8 Å². The third-order valence-corrected chi connectivity index (χ3v) is 5.97. The van der Waals surface area contributed by atoms with Crippen molar-refractivity contribution in [2.24, 2.45) is 0 Å². The van der Waals surface area contributed by atoms with Crippen molar-refractivity contribution in [2.45, 2.75) is 135 Å². The first-order valence-corrected chi connectivity index (χ1v) is 12.7. The molecule has 178 valence electrons. The van der Waals surface area contributed by atoms with Crippen molar-refractivity contribution >= 4 is 11.9 Å². The number of hydrogen-bond donors (Lipinski definition) is 0. The van der Waals surface area contributed by atoms with Crippen LogP contribution in [0, 0.1) is 0 Å². The van der Waals surface area contributed by atoms with E-state index in [-0.39, 0.29) is 24.1 Å². The highest BCUT2D eigenvalue weighted by atomic mass is 16.5. The zero-order valence-corrected chi connectivity index (χ0v) is 20.2. The predicted molar refractivity (Wildman–Crippen MR) is 128 cm³/mol. The van der Waals surface area contributed by atoms with Crippen LogP contribution in [0.25, 0.3) is 0 Å². The molecule has 0 aromatic heterocycles. The van der Waals surface area contributed by atoms with Gasteiger partial charge in [0, 0.05) is 19.8 Å². The van der Waals surface area contributed by atoms with E-state index in [0.29, 0.717) is 6.42 Å². The standard InChI is InChI=1S/C27H46O4/c1-4-5-6-13-16-25(30-24(3)28)17-14-11-9-7-8-10-12-15-18-27(29)31-26-21-19-23(2)20-22-26/h11,14,25-26H,2,4-10,12-13,15-22H2,1,3H3/b14-11-/t25-/m1/s1. The Bertz CT molecular complexity index is 527. The Labute approximate surface area is 190 Å². The molecule has 0 heterocycles. The lowest BCUT2D eigenvalue weighted by Gasteiger charge is -2.23. The van der Waals surface area contributed by atoms with Crippen molar-refractivity contribution in [3.63, 3.8) is 0 Å². The summed E-state index contributed by atoms with van der Waals surface area (Å²) in [5.74, 6) is -0.208. The molecule has 0 N–H and O–H groups in total. The summed E-state index contributed by atoms with van der Waals surface area (Å²) in [7, 11) is 0. The smallest absolute Gasteiger partial charge is 0.306 e. The third-order valence-electron chi connectivity index (χ3n) is 5.97. The number of allylic oxidation sites excluding steroid dienone is 2. The maximum atomic E-state index is 11.9. The minimum Gasteiger partial charge on any atom is -0.462 e. The number of hydrogen-bond acceptors (Lipinski definition) is 4. The Balaban J connectivity index is 1.99. The number of carbonyl (C=O) groups excluding carboxylic acids is 2. The summed E-state index contributed by atoms with van der Waals surface area (Å²) in [6.45, 7) is 7.70. The predicted octanol–water partition coefficient (Wildman–Crippen LogP) is 7.61. The van der Waals surface area contributed by atoms with Crippen molar-refractivity contribution < 1.29 is 19.1 Å². The second-order valence-corrected chi connectivity index (χ2v) is 9.03. The van der Waals surface area contributed by atoms with E-state index in [1.807, 2.05) is 0 Å². The Morgan fingerprint density at radius 1 is 1.00 bits per heavy atom. The molecule has 1 saturated carbocycles. The second-order valence-electron chi connectivity index (χ2n) is 9.03. The lowest BCUT2D eigenvalue weighted by molar-refractivity contribution is -0.150. The van der Waals surface area contributed by atoms with Gasteiger partial charge in [-0.2, -0.15) is 0 Å². The van der Waals surface area contributed by atoms with Crippen LogP contribution < -0.4 is 0 Å². The summed E-state index contributed by atoms with van der Waals surface area (Å²) in [6, 6.07) is 0. The Kier molecular flexibility index (Phi) is 16.0. The number of esters is 2. The van der Waals surface area contributed by atoms with Crippen molar-refractivity contribution in [1.82, 2.24) is 0 Å². The van der Waals surface area contributed by atoms with E-state index in [1.165, 1.54) is 44.6 Å². The molecular weight excluding hydrogens is 388 g/mol. The molecule has 1 aliphatic carbocycles. The lowest BCUT2D eigenvalue weighted by atomic mass is 9.94. The minimum atomic E-state index is -0.178. The molecule has 4 nitrogen and oxygen atoms in total. The highest BCUT2D eigenvalue weighted by Crippen LogP contribution is 2.24. The molecule has 0 unspecified atom stereocenters. The van der Waals surface area contributed by atoms with Crippen LogP contribution in [0.4, 0.5) is 0 Å². The summed E-state index contributed by atoms with van der Waals surface area (Å²) in [6.07, 6.45) is 22.2. The van der Waals surface area contributed by atoms with Crippen molar-refractivity contribution in [3.05, 3.63) is 24.3 Å². The van der Waals surface area contributed by atoms with Gasteiger partial charge in [0.1, 0.15) is 12.2 Å². The molecular formula is C27H46O4. The molecule has 1 fully saturated rings. The van der Waals surface area contributed by atoms with E-state index in [0.717, 1.165) is 70.6 Å². The fourth-order valence-corrected chi connectivity index (χ4v) is 4.05. The molecule has 4 heteroatoms. The van der Waals surface area contributed by atoms with Gasteiger partial charge in [-0.15, -0.1) is 0 Å². The average Bonchev–Trinajstić information content (AvgIpc) is 2.73. The molecule has 0 radical (unpaired) electrons. The molecule has 0 aromatic rings. The van der Waals surface area contributed by atoms with E-state index < -0.39 is 0 Å². The number of carbonyl (C=O) groups is 2. The van der Waals surface area contributed by atoms with Crippen LogP contribution in [0.1, 0.15) is 123 Å².